The molecule has 0 amide bonds. The number of aliphatic hydroxyl groups excluding tert-OH is 6. The van der Waals surface area contributed by atoms with Crippen LogP contribution in [0.15, 0.2) is 12.7 Å². The first kappa shape index (κ1) is 22.0. The number of nitrogens with zero attached hydrogens (tertiary/aromatic N) is 4. The van der Waals surface area contributed by atoms with Gasteiger partial charge >= 0.3 is 0 Å². The second-order valence-electron chi connectivity index (χ2n) is 7.56. The minimum absolute atomic E-state index is 0.00266. The molecule has 0 bridgehead atoms. The number of rotatable bonds is 4. The maximum absolute atomic E-state index is 11.6. The minimum Gasteiger partial charge on any atom is -0.740 e. The van der Waals surface area contributed by atoms with Gasteiger partial charge in [-0.3, -0.25) is 4.57 Å². The summed E-state index contributed by atoms with van der Waals surface area (Å²) in [5.74, 6) is -0.265. The van der Waals surface area contributed by atoms with Crippen LogP contribution in [0.4, 0.5) is 5.82 Å². The third kappa shape index (κ3) is 3.05. The van der Waals surface area contributed by atoms with Crippen LogP contribution < -0.4 is 10.5 Å². The van der Waals surface area contributed by atoms with Gasteiger partial charge < -0.3 is 56.2 Å². The second kappa shape index (κ2) is 7.73. The first-order chi connectivity index (χ1) is 14.7. The summed E-state index contributed by atoms with van der Waals surface area (Å²) >= 11 is 0. The number of nitrogens with two attached hydrogens (primary N) is 1. The van der Waals surface area contributed by atoms with E-state index < -0.39 is 67.8 Å². The molecular formula is C16H23N5O10. The Bertz CT molecular complexity index is 958. The fraction of sp³-hybridized carbons (Fsp3) is 0.688. The van der Waals surface area contributed by atoms with Crippen LogP contribution in [0.25, 0.3) is 11.2 Å². The van der Waals surface area contributed by atoms with E-state index >= 15 is 0 Å². The van der Waals surface area contributed by atoms with E-state index in [0.29, 0.717) is 0 Å². The van der Waals surface area contributed by atoms with E-state index in [1.807, 2.05) is 0 Å². The zero-order valence-corrected chi connectivity index (χ0v) is 15.9. The van der Waals surface area contributed by atoms with E-state index in [2.05, 4.69) is 9.97 Å². The van der Waals surface area contributed by atoms with Crippen LogP contribution in [-0.2, 0) is 9.47 Å². The fourth-order valence-electron chi connectivity index (χ4n) is 4.14. The van der Waals surface area contributed by atoms with Crippen molar-refractivity contribution < 1.29 is 49.9 Å². The summed E-state index contributed by atoms with van der Waals surface area (Å²) in [4.78, 5) is 7.87. The summed E-state index contributed by atoms with van der Waals surface area (Å²) in [5, 5.41) is 83.6. The summed E-state index contributed by atoms with van der Waals surface area (Å²) in [6.07, 6.45) is -11.4. The summed E-state index contributed by atoms with van der Waals surface area (Å²) in [6.45, 7) is -1.59. The van der Waals surface area contributed by atoms with Gasteiger partial charge in [0.1, 0.15) is 49.1 Å². The number of anilines is 1. The van der Waals surface area contributed by atoms with Crippen molar-refractivity contribution in [3.8, 4) is 0 Å². The van der Waals surface area contributed by atoms with Gasteiger partial charge in [-0.15, -0.1) is 0 Å². The number of ether oxygens (including phenoxy) is 2. The van der Waals surface area contributed by atoms with Crippen LogP contribution in [0.1, 0.15) is 6.23 Å². The highest BCUT2D eigenvalue weighted by molar-refractivity contribution is 5.79. The molecule has 2 fully saturated rings. The van der Waals surface area contributed by atoms with Gasteiger partial charge in [-0.05, 0) is 0 Å². The molecule has 4 heterocycles. The number of imidazole rings is 1. The van der Waals surface area contributed by atoms with Gasteiger partial charge in [0, 0.05) is 0 Å². The lowest BCUT2D eigenvalue weighted by Gasteiger charge is -2.47. The van der Waals surface area contributed by atoms with Crippen molar-refractivity contribution in [2.24, 2.45) is 0 Å². The number of hydrogen-bond acceptors (Lipinski definition) is 13. The molecule has 9 N–H and O–H groups in total. The number of nitrogen functional groups attached to an aromatic ring is 1. The van der Waals surface area contributed by atoms with Crippen LogP contribution >= 0.6 is 0 Å². The quantitative estimate of drug-likeness (QED) is 0.162. The van der Waals surface area contributed by atoms with Crippen molar-refractivity contribution in [1.29, 1.82) is 0 Å². The zero-order chi connectivity index (χ0) is 22.7. The zero-order valence-electron chi connectivity index (χ0n) is 15.9. The van der Waals surface area contributed by atoms with Crippen LogP contribution in [0.2, 0.25) is 0 Å². The summed E-state index contributed by atoms with van der Waals surface area (Å²) in [7, 11) is 0. The third-order valence-corrected chi connectivity index (χ3v) is 5.88. The summed E-state index contributed by atoms with van der Waals surface area (Å²) < 4.78 is 12.4. The van der Waals surface area contributed by atoms with E-state index in [1.54, 1.807) is 0 Å². The van der Waals surface area contributed by atoms with E-state index in [-0.39, 0.29) is 21.7 Å². The van der Waals surface area contributed by atoms with Crippen molar-refractivity contribution in [1.82, 2.24) is 14.5 Å². The summed E-state index contributed by atoms with van der Waals surface area (Å²) in [5.41, 5.74) is 3.21. The smallest absolute Gasteiger partial charge is 0.251 e. The average Bonchev–Trinajstić information content (AvgIpc) is 3.29. The first-order valence-electron chi connectivity index (χ1n) is 9.34. The van der Waals surface area contributed by atoms with Crippen molar-refractivity contribution in [3.05, 3.63) is 17.9 Å². The van der Waals surface area contributed by atoms with Gasteiger partial charge in [0.2, 0.25) is 12.0 Å². The van der Waals surface area contributed by atoms with E-state index in [9.17, 15) is 41.0 Å². The van der Waals surface area contributed by atoms with Crippen molar-refractivity contribution in [2.75, 3.05) is 18.9 Å². The molecular weight excluding hydrogens is 422 g/mol. The number of hydrogen-bond donors (Lipinski definition) is 8. The standard InChI is InChI=1S/C16H23N5O10/c17-13-7-14(19-4-21(13)29)20(3-18-7)15-11(27)16(28,6(2-23)31-15)12-10(26)9(25)8(24)5(1-22)30-12/h3-6,8-12,15,22-28H,1-2,17H2/t5-,6-,8-,9+,10-,11+,12+,15-,16-/m1/s1. The SMILES string of the molecule is Nc1c2ncn([C@@H]3O[C@H](CO)[C@](O)([C@H]4O[C@H](CO)[C@@H](O)[C@H](O)[C@H]4O)[C@H]3O)c2nc[n+]1[O-]. The molecule has 2 aromatic rings. The Morgan fingerprint density at radius 2 is 1.81 bits per heavy atom. The Morgan fingerprint density at radius 1 is 1.10 bits per heavy atom. The monoisotopic (exact) mass is 445 g/mol. The highest BCUT2D eigenvalue weighted by Gasteiger charge is 2.65. The molecule has 2 aliphatic rings. The van der Waals surface area contributed by atoms with Gasteiger partial charge in [0.05, 0.1) is 13.2 Å². The number of aromatic nitrogens is 4. The van der Waals surface area contributed by atoms with E-state index in [1.165, 1.54) is 4.57 Å². The Labute approximate surface area is 173 Å². The fourth-order valence-corrected chi connectivity index (χ4v) is 4.14. The average molecular weight is 445 g/mol. The molecule has 9 atom stereocenters. The van der Waals surface area contributed by atoms with Crippen LogP contribution in [-0.4, -0.2) is 112 Å². The minimum atomic E-state index is -2.50. The molecule has 0 aliphatic carbocycles. The lowest BCUT2D eigenvalue weighted by atomic mass is 9.79. The second-order valence-corrected chi connectivity index (χ2v) is 7.56. The van der Waals surface area contributed by atoms with E-state index in [4.69, 9.17) is 15.2 Å². The van der Waals surface area contributed by atoms with Gasteiger partial charge in [-0.2, -0.15) is 0 Å². The topological polar surface area (TPSA) is 244 Å². The number of aliphatic hydroxyl groups is 7. The van der Waals surface area contributed by atoms with Crippen molar-refractivity contribution in [3.63, 3.8) is 0 Å². The normalized spacial score (nSPS) is 41.1. The van der Waals surface area contributed by atoms with Gasteiger partial charge in [0.15, 0.2) is 17.3 Å². The molecule has 0 unspecified atom stereocenters. The van der Waals surface area contributed by atoms with Gasteiger partial charge in [0.25, 0.3) is 5.82 Å². The Balaban J connectivity index is 1.74. The summed E-state index contributed by atoms with van der Waals surface area (Å²) in [6, 6.07) is 0. The molecule has 0 spiro atoms. The van der Waals surface area contributed by atoms with E-state index in [0.717, 1.165) is 12.7 Å². The third-order valence-electron chi connectivity index (χ3n) is 5.88. The maximum Gasteiger partial charge on any atom is 0.251 e. The van der Waals surface area contributed by atoms with Gasteiger partial charge in [-0.25, -0.2) is 9.71 Å². The Kier molecular flexibility index (Phi) is 5.49. The highest BCUT2D eigenvalue weighted by atomic mass is 16.6. The van der Waals surface area contributed by atoms with Gasteiger partial charge in [-0.1, -0.05) is 4.98 Å². The molecule has 0 saturated carbocycles. The largest absolute Gasteiger partial charge is 0.740 e. The van der Waals surface area contributed by atoms with Crippen LogP contribution in [0.3, 0.4) is 0 Å². The molecule has 2 aliphatic heterocycles. The lowest BCUT2D eigenvalue weighted by Crippen LogP contribution is -2.70. The predicted octanol–water partition coefficient (Wildman–Crippen LogP) is -5.53. The highest BCUT2D eigenvalue weighted by Crippen LogP contribution is 2.44. The molecule has 15 heteroatoms. The Morgan fingerprint density at radius 3 is 2.45 bits per heavy atom. The molecule has 172 valence electrons. The molecule has 0 aromatic carbocycles. The number of fused-ring (bicyclic) bond motifs is 1. The van der Waals surface area contributed by atoms with Crippen LogP contribution in [0.5, 0.6) is 0 Å². The molecule has 0 radical (unpaired) electrons. The van der Waals surface area contributed by atoms with Crippen LogP contribution in [0, 0.1) is 5.21 Å². The lowest BCUT2D eigenvalue weighted by molar-refractivity contribution is -0.592. The molecule has 4 rings (SSSR count). The Hall–Kier alpha value is -2.21. The van der Waals surface area contributed by atoms with Crippen molar-refractivity contribution in [2.45, 2.75) is 54.6 Å². The maximum atomic E-state index is 11.6. The van der Waals surface area contributed by atoms with Crippen molar-refractivity contribution >= 4 is 17.0 Å². The predicted molar refractivity (Wildman–Crippen MR) is 96.6 cm³/mol. The molecule has 2 aromatic heterocycles. The molecule has 15 nitrogen and oxygen atoms in total. The molecule has 2 saturated heterocycles. The first-order valence-corrected chi connectivity index (χ1v) is 9.34. The molecule has 31 heavy (non-hydrogen) atoms.